The average molecular weight is 304 g/mol. The largest absolute Gasteiger partial charge is 0.464 e. The van der Waals surface area contributed by atoms with Gasteiger partial charge in [0.1, 0.15) is 6.61 Å². The van der Waals surface area contributed by atoms with Gasteiger partial charge in [-0.2, -0.15) is 0 Å². The predicted molar refractivity (Wildman–Crippen MR) is 77.9 cm³/mol. The standard InChI is InChI=1S/C15H28O6/c1-6-14(2,3)20-8-7-15(4,5)21-10-13(19-12-17)9-18-11-16/h11-13H,6-10H2,1-5H3. The number of carbonyl (C=O) groups is 2. The van der Waals surface area contributed by atoms with Crippen molar-refractivity contribution in [2.24, 2.45) is 0 Å². The topological polar surface area (TPSA) is 71.1 Å². The van der Waals surface area contributed by atoms with Gasteiger partial charge in [0.15, 0.2) is 6.10 Å². The molecule has 0 aliphatic heterocycles. The first-order valence-corrected chi connectivity index (χ1v) is 7.18. The van der Waals surface area contributed by atoms with E-state index in [-0.39, 0.29) is 18.8 Å². The Morgan fingerprint density at radius 2 is 1.62 bits per heavy atom. The second kappa shape index (κ2) is 9.73. The van der Waals surface area contributed by atoms with Crippen LogP contribution < -0.4 is 0 Å². The van der Waals surface area contributed by atoms with Crippen molar-refractivity contribution >= 4 is 12.9 Å². The third kappa shape index (κ3) is 10.3. The van der Waals surface area contributed by atoms with Crippen LogP contribution >= 0.6 is 0 Å². The van der Waals surface area contributed by atoms with Gasteiger partial charge in [0.25, 0.3) is 12.9 Å². The van der Waals surface area contributed by atoms with Crippen LogP contribution in [0.2, 0.25) is 0 Å². The molecule has 0 amide bonds. The van der Waals surface area contributed by atoms with Crippen molar-refractivity contribution in [3.63, 3.8) is 0 Å². The summed E-state index contributed by atoms with van der Waals surface area (Å²) in [5, 5.41) is 0. The van der Waals surface area contributed by atoms with Crippen LogP contribution in [0.5, 0.6) is 0 Å². The SMILES string of the molecule is CCC(C)(C)OCCC(C)(C)OCC(COC=O)OC=O. The zero-order chi connectivity index (χ0) is 16.4. The van der Waals surface area contributed by atoms with Gasteiger partial charge in [-0.15, -0.1) is 0 Å². The molecule has 0 aromatic carbocycles. The highest BCUT2D eigenvalue weighted by atomic mass is 16.6. The first-order valence-electron chi connectivity index (χ1n) is 7.18. The van der Waals surface area contributed by atoms with Gasteiger partial charge in [0, 0.05) is 0 Å². The molecular formula is C15H28O6. The second-order valence-corrected chi connectivity index (χ2v) is 6.07. The molecule has 0 rings (SSSR count). The molecule has 0 saturated carbocycles. The molecule has 0 aromatic heterocycles. The Hall–Kier alpha value is -1.14. The van der Waals surface area contributed by atoms with E-state index in [1.807, 2.05) is 27.7 Å². The molecule has 0 bridgehead atoms. The Balaban J connectivity index is 4.13. The molecule has 0 radical (unpaired) electrons. The van der Waals surface area contributed by atoms with Crippen molar-refractivity contribution in [3.8, 4) is 0 Å². The molecule has 0 heterocycles. The number of ether oxygens (including phenoxy) is 4. The molecule has 0 saturated heterocycles. The fourth-order valence-corrected chi connectivity index (χ4v) is 1.42. The van der Waals surface area contributed by atoms with Gasteiger partial charge in [0.2, 0.25) is 0 Å². The van der Waals surface area contributed by atoms with Crippen molar-refractivity contribution in [1.82, 2.24) is 0 Å². The lowest BCUT2D eigenvalue weighted by molar-refractivity contribution is -0.152. The summed E-state index contributed by atoms with van der Waals surface area (Å²) in [4.78, 5) is 20.5. The highest BCUT2D eigenvalue weighted by Crippen LogP contribution is 2.19. The van der Waals surface area contributed by atoms with Gasteiger partial charge in [-0.1, -0.05) is 6.92 Å². The van der Waals surface area contributed by atoms with Gasteiger partial charge in [-0.25, -0.2) is 0 Å². The normalized spacial score (nSPS) is 13.6. The van der Waals surface area contributed by atoms with Crippen LogP contribution in [0.3, 0.4) is 0 Å². The smallest absolute Gasteiger partial charge is 0.293 e. The molecule has 1 unspecified atom stereocenters. The minimum Gasteiger partial charge on any atom is -0.464 e. The molecule has 0 aromatic rings. The lowest BCUT2D eigenvalue weighted by Gasteiger charge is -2.30. The predicted octanol–water partition coefficient (Wildman–Crippen LogP) is 2.09. The molecule has 0 aliphatic rings. The summed E-state index contributed by atoms with van der Waals surface area (Å²) in [5.74, 6) is 0. The molecule has 124 valence electrons. The second-order valence-electron chi connectivity index (χ2n) is 6.07. The Kier molecular flexibility index (Phi) is 9.21. The Morgan fingerprint density at radius 1 is 0.952 bits per heavy atom. The first-order chi connectivity index (χ1) is 9.76. The van der Waals surface area contributed by atoms with Crippen molar-refractivity contribution in [2.45, 2.75) is 64.8 Å². The lowest BCUT2D eigenvalue weighted by atomic mass is 10.0. The molecule has 0 spiro atoms. The molecule has 0 N–H and O–H groups in total. The van der Waals surface area contributed by atoms with Crippen molar-refractivity contribution in [1.29, 1.82) is 0 Å². The minimum absolute atomic E-state index is 0.0162. The van der Waals surface area contributed by atoms with E-state index >= 15 is 0 Å². The Labute approximate surface area is 127 Å². The number of carbonyl (C=O) groups excluding carboxylic acids is 2. The minimum atomic E-state index is -0.597. The van der Waals surface area contributed by atoms with Crippen molar-refractivity contribution in [2.75, 3.05) is 19.8 Å². The van der Waals surface area contributed by atoms with Crippen LogP contribution in [0.25, 0.3) is 0 Å². The number of rotatable bonds is 13. The van der Waals surface area contributed by atoms with Crippen molar-refractivity contribution < 1.29 is 28.5 Å². The quantitative estimate of drug-likeness (QED) is 0.485. The van der Waals surface area contributed by atoms with Gasteiger partial charge in [-0.05, 0) is 40.5 Å². The number of hydrogen-bond acceptors (Lipinski definition) is 6. The molecule has 1 atom stereocenters. The zero-order valence-corrected chi connectivity index (χ0v) is 13.7. The molecule has 21 heavy (non-hydrogen) atoms. The summed E-state index contributed by atoms with van der Waals surface area (Å²) < 4.78 is 20.9. The molecule has 6 nitrogen and oxygen atoms in total. The Bertz CT molecular complexity index is 301. The fourth-order valence-electron chi connectivity index (χ4n) is 1.42. The molecular weight excluding hydrogens is 276 g/mol. The van der Waals surface area contributed by atoms with E-state index in [2.05, 4.69) is 11.7 Å². The van der Waals surface area contributed by atoms with Crippen LogP contribution in [-0.2, 0) is 28.5 Å². The highest BCUT2D eigenvalue weighted by molar-refractivity contribution is 5.38. The van der Waals surface area contributed by atoms with Gasteiger partial charge >= 0.3 is 0 Å². The maximum absolute atomic E-state index is 10.4. The van der Waals surface area contributed by atoms with Gasteiger partial charge in [-0.3, -0.25) is 9.59 Å². The summed E-state index contributed by atoms with van der Waals surface area (Å²) in [6.45, 7) is 11.4. The lowest BCUT2D eigenvalue weighted by Crippen LogP contribution is -2.35. The first kappa shape index (κ1) is 19.9. The van der Waals surface area contributed by atoms with Crippen LogP contribution in [0.4, 0.5) is 0 Å². The van der Waals surface area contributed by atoms with E-state index in [0.717, 1.165) is 6.42 Å². The van der Waals surface area contributed by atoms with E-state index < -0.39 is 11.7 Å². The van der Waals surface area contributed by atoms with Gasteiger partial charge < -0.3 is 18.9 Å². The maximum Gasteiger partial charge on any atom is 0.293 e. The summed E-state index contributed by atoms with van der Waals surface area (Å²) in [6, 6.07) is 0. The summed E-state index contributed by atoms with van der Waals surface area (Å²) >= 11 is 0. The average Bonchev–Trinajstić information content (AvgIpc) is 2.41. The molecule has 0 aliphatic carbocycles. The van der Waals surface area contributed by atoms with E-state index in [0.29, 0.717) is 26.0 Å². The monoisotopic (exact) mass is 304 g/mol. The molecule has 0 fully saturated rings. The van der Waals surface area contributed by atoms with E-state index in [1.54, 1.807) is 0 Å². The summed E-state index contributed by atoms with van der Waals surface area (Å²) in [5.41, 5.74) is -0.563. The van der Waals surface area contributed by atoms with E-state index in [9.17, 15) is 9.59 Å². The summed E-state index contributed by atoms with van der Waals surface area (Å²) in [7, 11) is 0. The Morgan fingerprint density at radius 3 is 2.14 bits per heavy atom. The number of hydrogen-bond donors (Lipinski definition) is 0. The van der Waals surface area contributed by atoms with Crippen LogP contribution in [0.1, 0.15) is 47.5 Å². The molecule has 6 heteroatoms. The highest BCUT2D eigenvalue weighted by Gasteiger charge is 2.23. The van der Waals surface area contributed by atoms with Crippen molar-refractivity contribution in [3.05, 3.63) is 0 Å². The van der Waals surface area contributed by atoms with Gasteiger partial charge in [0.05, 0.1) is 24.4 Å². The van der Waals surface area contributed by atoms with E-state index in [4.69, 9.17) is 14.2 Å². The summed E-state index contributed by atoms with van der Waals surface area (Å²) in [6.07, 6.45) is 1.05. The third-order valence-corrected chi connectivity index (χ3v) is 3.31. The van der Waals surface area contributed by atoms with Crippen LogP contribution in [0, 0.1) is 0 Å². The maximum atomic E-state index is 10.4. The van der Waals surface area contributed by atoms with Crippen LogP contribution in [0.15, 0.2) is 0 Å². The van der Waals surface area contributed by atoms with E-state index in [1.165, 1.54) is 0 Å². The third-order valence-electron chi connectivity index (χ3n) is 3.31. The zero-order valence-electron chi connectivity index (χ0n) is 13.7. The fraction of sp³-hybridized carbons (Fsp3) is 0.867. The van der Waals surface area contributed by atoms with Crippen LogP contribution in [-0.4, -0.2) is 50.1 Å².